The Bertz CT molecular complexity index is 343. The highest BCUT2D eigenvalue weighted by Crippen LogP contribution is 2.07. The predicted molar refractivity (Wildman–Crippen MR) is 48.9 cm³/mol. The smallest absolute Gasteiger partial charge is 0.251 e. The molecule has 0 aliphatic carbocycles. The zero-order valence-corrected chi connectivity index (χ0v) is 7.39. The van der Waals surface area contributed by atoms with Crippen LogP contribution in [0.2, 0.25) is 0 Å². The molecule has 0 atom stereocenters. The normalized spacial score (nSPS) is 9.57. The van der Waals surface area contributed by atoms with Crippen molar-refractivity contribution in [3.63, 3.8) is 0 Å². The molecule has 0 saturated carbocycles. The van der Waals surface area contributed by atoms with Gasteiger partial charge in [0.05, 0.1) is 0 Å². The molecular weight excluding hydrogens is 188 g/mol. The molecule has 0 aliphatic heterocycles. The van der Waals surface area contributed by atoms with Gasteiger partial charge < -0.3 is 5.32 Å². The molecule has 0 fully saturated rings. The number of rotatable bonds is 3. The van der Waals surface area contributed by atoms with Crippen LogP contribution in [0.4, 0.5) is 8.78 Å². The molecule has 1 rings (SSSR count). The lowest BCUT2D eigenvalue weighted by Crippen LogP contribution is -2.23. The van der Waals surface area contributed by atoms with Gasteiger partial charge in [-0.05, 0) is 12.1 Å². The number of carbonyl (C=O) groups is 1. The lowest BCUT2D eigenvalue weighted by Gasteiger charge is -2.02. The molecule has 74 valence electrons. The van der Waals surface area contributed by atoms with E-state index in [0.717, 1.165) is 12.1 Å². The second-order valence-corrected chi connectivity index (χ2v) is 2.66. The molecule has 2 nitrogen and oxygen atoms in total. The van der Waals surface area contributed by atoms with Crippen molar-refractivity contribution in [2.75, 3.05) is 6.54 Å². The van der Waals surface area contributed by atoms with E-state index in [4.69, 9.17) is 0 Å². The Morgan fingerprint density at radius 3 is 2.43 bits per heavy atom. The maximum Gasteiger partial charge on any atom is 0.251 e. The summed E-state index contributed by atoms with van der Waals surface area (Å²) in [4.78, 5) is 11.2. The molecule has 0 aliphatic rings. The van der Waals surface area contributed by atoms with Gasteiger partial charge in [-0.1, -0.05) is 6.08 Å². The maximum absolute atomic E-state index is 12.7. The Morgan fingerprint density at radius 2 is 1.93 bits per heavy atom. The first-order valence-corrected chi connectivity index (χ1v) is 3.98. The van der Waals surface area contributed by atoms with E-state index >= 15 is 0 Å². The number of hydrogen-bond donors (Lipinski definition) is 1. The summed E-state index contributed by atoms with van der Waals surface area (Å²) in [5.41, 5.74) is -0.0376. The van der Waals surface area contributed by atoms with Crippen molar-refractivity contribution in [3.8, 4) is 0 Å². The van der Waals surface area contributed by atoms with Gasteiger partial charge in [0.25, 0.3) is 5.91 Å². The Morgan fingerprint density at radius 1 is 1.36 bits per heavy atom. The number of hydrogen-bond acceptors (Lipinski definition) is 1. The summed E-state index contributed by atoms with van der Waals surface area (Å²) in [6.07, 6.45) is 1.48. The Balaban J connectivity index is 2.84. The number of halogens is 2. The van der Waals surface area contributed by atoms with Gasteiger partial charge in [-0.15, -0.1) is 6.58 Å². The molecule has 0 aromatic heterocycles. The van der Waals surface area contributed by atoms with Crippen molar-refractivity contribution in [1.82, 2.24) is 5.32 Å². The largest absolute Gasteiger partial charge is 0.349 e. The molecule has 0 saturated heterocycles. The van der Waals surface area contributed by atoms with E-state index in [9.17, 15) is 13.6 Å². The van der Waals surface area contributed by atoms with E-state index in [2.05, 4.69) is 11.9 Å². The Kier molecular flexibility index (Phi) is 3.34. The molecule has 1 aromatic carbocycles. The van der Waals surface area contributed by atoms with Crippen molar-refractivity contribution in [1.29, 1.82) is 0 Å². The maximum atomic E-state index is 12.7. The third-order valence-electron chi connectivity index (χ3n) is 1.53. The summed E-state index contributed by atoms with van der Waals surface area (Å²) >= 11 is 0. The summed E-state index contributed by atoms with van der Waals surface area (Å²) < 4.78 is 25.3. The monoisotopic (exact) mass is 197 g/mol. The van der Waals surface area contributed by atoms with E-state index in [-0.39, 0.29) is 12.1 Å². The topological polar surface area (TPSA) is 29.1 Å². The summed E-state index contributed by atoms with van der Waals surface area (Å²) in [6.45, 7) is 3.66. The molecule has 0 bridgehead atoms. The quantitative estimate of drug-likeness (QED) is 0.736. The van der Waals surface area contributed by atoms with Crippen molar-refractivity contribution in [2.24, 2.45) is 0 Å². The minimum atomic E-state index is -0.770. The van der Waals surface area contributed by atoms with E-state index in [1.807, 2.05) is 0 Å². The number of carbonyl (C=O) groups excluding carboxylic acids is 1. The lowest BCUT2D eigenvalue weighted by atomic mass is 10.2. The number of amides is 1. The average Bonchev–Trinajstić information content (AvgIpc) is 2.12. The molecule has 0 spiro atoms. The zero-order valence-electron chi connectivity index (χ0n) is 7.39. The highest BCUT2D eigenvalue weighted by atomic mass is 19.1. The van der Waals surface area contributed by atoms with E-state index in [1.165, 1.54) is 6.08 Å². The third-order valence-corrected chi connectivity index (χ3v) is 1.53. The van der Waals surface area contributed by atoms with Crippen LogP contribution in [0.25, 0.3) is 0 Å². The SMILES string of the molecule is C=CCNC(=O)c1cc(F)cc(F)c1. The molecule has 0 unspecified atom stereocenters. The second kappa shape index (κ2) is 4.50. The molecule has 0 radical (unpaired) electrons. The molecule has 1 amide bonds. The number of benzene rings is 1. The van der Waals surface area contributed by atoms with E-state index < -0.39 is 17.5 Å². The van der Waals surface area contributed by atoms with Crippen LogP contribution in [0.15, 0.2) is 30.9 Å². The minimum Gasteiger partial charge on any atom is -0.349 e. The van der Waals surface area contributed by atoms with E-state index in [0.29, 0.717) is 6.07 Å². The third kappa shape index (κ3) is 2.65. The molecule has 1 aromatic rings. The summed E-state index contributed by atoms with van der Waals surface area (Å²) in [5, 5.41) is 2.41. The average molecular weight is 197 g/mol. The van der Waals surface area contributed by atoms with Gasteiger partial charge in [-0.3, -0.25) is 4.79 Å². The zero-order chi connectivity index (χ0) is 10.6. The van der Waals surface area contributed by atoms with Crippen LogP contribution in [0.1, 0.15) is 10.4 Å². The molecule has 4 heteroatoms. The fraction of sp³-hybridized carbons (Fsp3) is 0.100. The molecular formula is C10H9F2NO. The van der Waals surface area contributed by atoms with Gasteiger partial charge in [0, 0.05) is 18.2 Å². The molecule has 1 N–H and O–H groups in total. The Labute approximate surface area is 80.2 Å². The fourth-order valence-corrected chi connectivity index (χ4v) is 0.952. The molecule has 14 heavy (non-hydrogen) atoms. The molecule has 0 heterocycles. The van der Waals surface area contributed by atoms with Gasteiger partial charge in [0.2, 0.25) is 0 Å². The highest BCUT2D eigenvalue weighted by molar-refractivity contribution is 5.94. The van der Waals surface area contributed by atoms with Crippen LogP contribution in [0.3, 0.4) is 0 Å². The van der Waals surface area contributed by atoms with Crippen molar-refractivity contribution < 1.29 is 13.6 Å². The predicted octanol–water partition coefficient (Wildman–Crippen LogP) is 1.88. The van der Waals surface area contributed by atoms with Crippen LogP contribution >= 0.6 is 0 Å². The summed E-state index contributed by atoms with van der Waals surface area (Å²) in [6, 6.07) is 2.66. The van der Waals surface area contributed by atoms with E-state index in [1.54, 1.807) is 0 Å². The second-order valence-electron chi connectivity index (χ2n) is 2.66. The first-order valence-electron chi connectivity index (χ1n) is 3.98. The van der Waals surface area contributed by atoms with Crippen LogP contribution in [0.5, 0.6) is 0 Å². The minimum absolute atomic E-state index is 0.0376. The van der Waals surface area contributed by atoms with Gasteiger partial charge >= 0.3 is 0 Å². The van der Waals surface area contributed by atoms with Gasteiger partial charge in [0.15, 0.2) is 0 Å². The first-order chi connectivity index (χ1) is 6.63. The standard InChI is InChI=1S/C10H9F2NO/c1-2-3-13-10(14)7-4-8(11)6-9(12)5-7/h2,4-6H,1,3H2,(H,13,14). The highest BCUT2D eigenvalue weighted by Gasteiger charge is 2.07. The fourth-order valence-electron chi connectivity index (χ4n) is 0.952. The van der Waals surface area contributed by atoms with Crippen molar-refractivity contribution >= 4 is 5.91 Å². The van der Waals surface area contributed by atoms with Crippen LogP contribution in [0, 0.1) is 11.6 Å². The van der Waals surface area contributed by atoms with Gasteiger partial charge in [0.1, 0.15) is 11.6 Å². The summed E-state index contributed by atoms with van der Waals surface area (Å²) in [7, 11) is 0. The van der Waals surface area contributed by atoms with Crippen LogP contribution in [-0.2, 0) is 0 Å². The lowest BCUT2D eigenvalue weighted by molar-refractivity contribution is 0.0957. The van der Waals surface area contributed by atoms with Crippen LogP contribution in [-0.4, -0.2) is 12.5 Å². The van der Waals surface area contributed by atoms with Crippen molar-refractivity contribution in [2.45, 2.75) is 0 Å². The number of nitrogens with one attached hydrogen (secondary N) is 1. The van der Waals surface area contributed by atoms with Crippen LogP contribution < -0.4 is 5.32 Å². The van der Waals surface area contributed by atoms with Gasteiger partial charge in [-0.2, -0.15) is 0 Å². The Hall–Kier alpha value is -1.71. The van der Waals surface area contributed by atoms with Gasteiger partial charge in [-0.25, -0.2) is 8.78 Å². The summed E-state index contributed by atoms with van der Waals surface area (Å²) in [5.74, 6) is -2.06. The van der Waals surface area contributed by atoms with Crippen molar-refractivity contribution in [3.05, 3.63) is 48.1 Å². The first kappa shape index (κ1) is 10.4.